The van der Waals surface area contributed by atoms with Gasteiger partial charge in [-0.25, -0.2) is 0 Å². The molecule has 0 aliphatic carbocycles. The summed E-state index contributed by atoms with van der Waals surface area (Å²) in [6.45, 7) is 0. The van der Waals surface area contributed by atoms with E-state index in [1.165, 1.54) is 35.5 Å². The van der Waals surface area contributed by atoms with Crippen molar-refractivity contribution in [2.75, 3.05) is 35.5 Å². The summed E-state index contributed by atoms with van der Waals surface area (Å²) in [6, 6.07) is 0. The second kappa shape index (κ2) is 5.38. The molecule has 1 rings (SSSR count). The molecular formula is C11H15O6. The molecule has 1 radical (unpaired) electrons. The van der Waals surface area contributed by atoms with Crippen molar-refractivity contribution < 1.29 is 28.8 Å². The lowest BCUT2D eigenvalue weighted by molar-refractivity contribution is 0.251. The number of hydrogen-bond donors (Lipinski definition) is 0. The van der Waals surface area contributed by atoms with E-state index in [0.29, 0.717) is 0 Å². The van der Waals surface area contributed by atoms with Gasteiger partial charge in [0.1, 0.15) is 0 Å². The highest BCUT2D eigenvalue weighted by atomic mass is 16.6. The first kappa shape index (κ1) is 13.1. The van der Waals surface area contributed by atoms with Crippen molar-refractivity contribution in [2.24, 2.45) is 0 Å². The van der Waals surface area contributed by atoms with Gasteiger partial charge in [-0.05, 0) is 0 Å². The Labute approximate surface area is 99.6 Å². The van der Waals surface area contributed by atoms with Crippen LogP contribution in [0.3, 0.4) is 0 Å². The van der Waals surface area contributed by atoms with Gasteiger partial charge in [-0.15, -0.1) is 0 Å². The standard InChI is InChI=1S/C11H15O6/c1-13-7-6(12)8(14-2)10(16-4)11(17-5)9(7)15-3/h1-5H3. The third-order valence-corrected chi connectivity index (χ3v) is 2.26. The second-order valence-electron chi connectivity index (χ2n) is 3.00. The average molecular weight is 243 g/mol. The molecule has 0 spiro atoms. The van der Waals surface area contributed by atoms with Crippen LogP contribution in [-0.4, -0.2) is 35.5 Å². The Morgan fingerprint density at radius 3 is 1.00 bits per heavy atom. The topological polar surface area (TPSA) is 66.1 Å². The zero-order valence-corrected chi connectivity index (χ0v) is 10.4. The third-order valence-electron chi connectivity index (χ3n) is 2.26. The predicted octanol–water partition coefficient (Wildman–Crippen LogP) is 1.87. The SMILES string of the molecule is COc1c([O])c(OC)c(OC)c(OC)c1OC. The largest absolute Gasteiger partial charge is 0.490 e. The Hall–Kier alpha value is -1.98. The fourth-order valence-electron chi connectivity index (χ4n) is 1.55. The van der Waals surface area contributed by atoms with Gasteiger partial charge >= 0.3 is 0 Å². The fraction of sp³-hybridized carbons (Fsp3) is 0.455. The van der Waals surface area contributed by atoms with Crippen molar-refractivity contribution in [3.8, 4) is 34.5 Å². The average Bonchev–Trinajstić information content (AvgIpc) is 2.36. The van der Waals surface area contributed by atoms with Gasteiger partial charge in [-0.3, -0.25) is 5.11 Å². The molecule has 95 valence electrons. The van der Waals surface area contributed by atoms with Gasteiger partial charge < -0.3 is 23.7 Å². The van der Waals surface area contributed by atoms with Crippen molar-refractivity contribution in [3.63, 3.8) is 0 Å². The molecule has 0 saturated heterocycles. The lowest BCUT2D eigenvalue weighted by atomic mass is 10.2. The number of benzene rings is 1. The van der Waals surface area contributed by atoms with Crippen LogP contribution in [0.5, 0.6) is 34.5 Å². The second-order valence-corrected chi connectivity index (χ2v) is 3.00. The van der Waals surface area contributed by atoms with Crippen LogP contribution in [0, 0.1) is 0 Å². The summed E-state index contributed by atoms with van der Waals surface area (Å²) in [5, 5.41) is 12.0. The van der Waals surface area contributed by atoms with Crippen LogP contribution in [0.4, 0.5) is 0 Å². The first-order valence-electron chi connectivity index (χ1n) is 4.77. The van der Waals surface area contributed by atoms with Gasteiger partial charge in [-0.2, -0.15) is 0 Å². The minimum Gasteiger partial charge on any atom is -0.490 e. The van der Waals surface area contributed by atoms with E-state index >= 15 is 0 Å². The molecule has 0 aliphatic heterocycles. The Morgan fingerprint density at radius 2 is 0.765 bits per heavy atom. The Bertz CT molecular complexity index is 368. The molecule has 17 heavy (non-hydrogen) atoms. The first-order valence-corrected chi connectivity index (χ1v) is 4.77. The quantitative estimate of drug-likeness (QED) is 0.789. The minimum atomic E-state index is -0.454. The number of ether oxygens (including phenoxy) is 5. The molecule has 1 aromatic rings. The van der Waals surface area contributed by atoms with E-state index in [0.717, 1.165) is 0 Å². The van der Waals surface area contributed by atoms with E-state index in [-0.39, 0.29) is 28.7 Å². The molecule has 6 nitrogen and oxygen atoms in total. The molecule has 6 heteroatoms. The molecule has 1 aromatic carbocycles. The van der Waals surface area contributed by atoms with Gasteiger partial charge in [0, 0.05) is 0 Å². The Balaban J connectivity index is 3.66. The molecule has 0 aliphatic rings. The summed E-state index contributed by atoms with van der Waals surface area (Å²) in [6.07, 6.45) is 0. The van der Waals surface area contributed by atoms with Crippen LogP contribution >= 0.6 is 0 Å². The van der Waals surface area contributed by atoms with Crippen LogP contribution in [0.25, 0.3) is 0 Å². The molecule has 0 aromatic heterocycles. The summed E-state index contributed by atoms with van der Waals surface area (Å²) in [5.41, 5.74) is 0. The summed E-state index contributed by atoms with van der Waals surface area (Å²) < 4.78 is 25.3. The van der Waals surface area contributed by atoms with E-state index in [2.05, 4.69) is 0 Å². The highest BCUT2D eigenvalue weighted by molar-refractivity contribution is 5.72. The van der Waals surface area contributed by atoms with E-state index in [1.807, 2.05) is 0 Å². The van der Waals surface area contributed by atoms with Crippen LogP contribution in [-0.2, 0) is 5.11 Å². The van der Waals surface area contributed by atoms with Crippen LogP contribution < -0.4 is 23.7 Å². The zero-order valence-electron chi connectivity index (χ0n) is 10.4. The normalized spacial score (nSPS) is 9.71. The maximum Gasteiger partial charge on any atom is 0.270 e. The van der Waals surface area contributed by atoms with E-state index < -0.39 is 5.75 Å². The molecule has 0 N–H and O–H groups in total. The molecule has 0 fully saturated rings. The zero-order chi connectivity index (χ0) is 13.0. The van der Waals surface area contributed by atoms with Gasteiger partial charge in [0.05, 0.1) is 35.5 Å². The molecule has 0 saturated carbocycles. The monoisotopic (exact) mass is 243 g/mol. The maximum atomic E-state index is 12.0. The molecule has 0 unspecified atom stereocenters. The smallest absolute Gasteiger partial charge is 0.270 e. The molecular weight excluding hydrogens is 228 g/mol. The lowest BCUT2D eigenvalue weighted by Crippen LogP contribution is -2.00. The van der Waals surface area contributed by atoms with Gasteiger partial charge in [0.25, 0.3) is 5.75 Å². The Morgan fingerprint density at radius 1 is 0.529 bits per heavy atom. The molecule has 0 atom stereocenters. The van der Waals surface area contributed by atoms with E-state index in [1.54, 1.807) is 0 Å². The van der Waals surface area contributed by atoms with Crippen LogP contribution in [0.15, 0.2) is 0 Å². The summed E-state index contributed by atoms with van der Waals surface area (Å²) in [4.78, 5) is 0. The van der Waals surface area contributed by atoms with Crippen LogP contribution in [0.1, 0.15) is 0 Å². The summed E-state index contributed by atoms with van der Waals surface area (Å²) in [5.74, 6) is 0.187. The van der Waals surface area contributed by atoms with Crippen molar-refractivity contribution in [1.82, 2.24) is 0 Å². The number of hydrogen-bond acceptors (Lipinski definition) is 5. The van der Waals surface area contributed by atoms with Gasteiger partial charge in [0.15, 0.2) is 0 Å². The van der Waals surface area contributed by atoms with E-state index in [9.17, 15) is 5.11 Å². The fourth-order valence-corrected chi connectivity index (χ4v) is 1.55. The van der Waals surface area contributed by atoms with Gasteiger partial charge in [-0.1, -0.05) is 0 Å². The summed E-state index contributed by atoms with van der Waals surface area (Å²) >= 11 is 0. The minimum absolute atomic E-state index is 0.0157. The lowest BCUT2D eigenvalue weighted by Gasteiger charge is -2.18. The van der Waals surface area contributed by atoms with Crippen molar-refractivity contribution in [3.05, 3.63) is 0 Å². The first-order chi connectivity index (χ1) is 8.15. The Kier molecular flexibility index (Phi) is 4.14. The number of methoxy groups -OCH3 is 5. The number of rotatable bonds is 5. The van der Waals surface area contributed by atoms with E-state index in [4.69, 9.17) is 23.7 Å². The third kappa shape index (κ3) is 1.98. The molecule has 0 heterocycles. The molecule has 0 bridgehead atoms. The van der Waals surface area contributed by atoms with Gasteiger partial charge in [0.2, 0.25) is 28.7 Å². The summed E-state index contributed by atoms with van der Waals surface area (Å²) in [7, 11) is 6.98. The maximum absolute atomic E-state index is 12.0. The van der Waals surface area contributed by atoms with Crippen LogP contribution in [0.2, 0.25) is 0 Å². The van der Waals surface area contributed by atoms with Crippen molar-refractivity contribution in [1.29, 1.82) is 0 Å². The molecule has 0 amide bonds. The highest BCUT2D eigenvalue weighted by Gasteiger charge is 2.29. The predicted molar refractivity (Wildman–Crippen MR) is 59.3 cm³/mol. The highest BCUT2D eigenvalue weighted by Crippen LogP contribution is 2.57. The van der Waals surface area contributed by atoms with Crippen molar-refractivity contribution in [2.45, 2.75) is 0 Å². The van der Waals surface area contributed by atoms with Crippen molar-refractivity contribution >= 4 is 0 Å².